The molecule has 0 spiro atoms. The van der Waals surface area contributed by atoms with Crippen molar-refractivity contribution in [1.29, 1.82) is 0 Å². The van der Waals surface area contributed by atoms with Crippen molar-refractivity contribution >= 4 is 94.5 Å². The summed E-state index contributed by atoms with van der Waals surface area (Å²) in [7, 11) is 0. The van der Waals surface area contributed by atoms with E-state index >= 15 is 0 Å². The predicted molar refractivity (Wildman–Crippen MR) is 246 cm³/mol. The highest BCUT2D eigenvalue weighted by atomic mass is 32.1. The second-order valence-corrected chi connectivity index (χ2v) is 17.4. The van der Waals surface area contributed by atoms with E-state index in [0.29, 0.717) is 17.5 Å². The Balaban J connectivity index is 1.11. The van der Waals surface area contributed by atoms with Crippen LogP contribution in [0.5, 0.6) is 0 Å². The topological polar surface area (TPSA) is 38.7 Å². The van der Waals surface area contributed by atoms with Gasteiger partial charge in [0, 0.05) is 88.3 Å². The number of hydrogen-bond donors (Lipinski definition) is 0. The molecule has 0 atom stereocenters. The second kappa shape index (κ2) is 13.0. The second-order valence-electron chi connectivity index (χ2n) is 14.3. The van der Waals surface area contributed by atoms with E-state index in [4.69, 9.17) is 15.0 Å². The van der Waals surface area contributed by atoms with Gasteiger partial charge in [-0.3, -0.25) is 0 Å². The van der Waals surface area contributed by atoms with Gasteiger partial charge in [0.2, 0.25) is 0 Å². The maximum absolute atomic E-state index is 5.14. The van der Waals surface area contributed by atoms with Crippen LogP contribution in [0.1, 0.15) is 0 Å². The molecule has 0 amide bonds. The van der Waals surface area contributed by atoms with Gasteiger partial charge in [-0.15, -0.1) is 34.0 Å². The molecule has 12 aromatic rings. The molecule has 0 aliphatic carbocycles. The van der Waals surface area contributed by atoms with Crippen LogP contribution in [-0.4, -0.2) is 15.0 Å². The highest BCUT2D eigenvalue weighted by molar-refractivity contribution is 7.28. The molecule has 57 heavy (non-hydrogen) atoms. The number of fused-ring (bicyclic) bond motifs is 9. The van der Waals surface area contributed by atoms with Crippen LogP contribution in [0.15, 0.2) is 176 Å². The minimum Gasteiger partial charge on any atom is -0.208 e. The van der Waals surface area contributed by atoms with Gasteiger partial charge < -0.3 is 0 Å². The van der Waals surface area contributed by atoms with Crippen molar-refractivity contribution in [1.82, 2.24) is 15.0 Å². The van der Waals surface area contributed by atoms with Gasteiger partial charge >= 0.3 is 0 Å². The SMILES string of the molecule is c1ccc(-c2nc(-c3ccccc3)nc(-c3cccc4c3sc3c(-c5cc(-c6cccc7c6sc6ccccc67)cc6c5sc5ccccc56)cccc34)n2)cc1. The molecule has 0 bridgehead atoms. The van der Waals surface area contributed by atoms with Gasteiger partial charge in [-0.1, -0.05) is 146 Å². The maximum Gasteiger partial charge on any atom is 0.165 e. The molecule has 0 N–H and O–H groups in total. The smallest absolute Gasteiger partial charge is 0.165 e. The first-order chi connectivity index (χ1) is 28.2. The summed E-state index contributed by atoms with van der Waals surface area (Å²) in [6.07, 6.45) is 0. The predicted octanol–water partition coefficient (Wildman–Crippen LogP) is 15.3. The lowest BCUT2D eigenvalue weighted by molar-refractivity contribution is 1.08. The lowest BCUT2D eigenvalue weighted by Crippen LogP contribution is -2.00. The van der Waals surface area contributed by atoms with E-state index < -0.39 is 0 Å². The van der Waals surface area contributed by atoms with Crippen molar-refractivity contribution < 1.29 is 0 Å². The van der Waals surface area contributed by atoms with Crippen molar-refractivity contribution in [2.24, 2.45) is 0 Å². The minimum atomic E-state index is 0.663. The number of nitrogens with zero attached hydrogens (tertiary/aromatic N) is 3. The summed E-state index contributed by atoms with van der Waals surface area (Å²) >= 11 is 5.61. The largest absolute Gasteiger partial charge is 0.208 e. The van der Waals surface area contributed by atoms with Gasteiger partial charge in [-0.25, -0.2) is 15.0 Å². The molecule has 3 nitrogen and oxygen atoms in total. The summed E-state index contributed by atoms with van der Waals surface area (Å²) in [6, 6.07) is 63.0. The first-order valence-corrected chi connectivity index (χ1v) is 21.4. The van der Waals surface area contributed by atoms with Gasteiger partial charge in [0.1, 0.15) is 0 Å². The van der Waals surface area contributed by atoms with E-state index in [1.165, 1.54) is 82.8 Å². The summed E-state index contributed by atoms with van der Waals surface area (Å²) in [5, 5.41) is 7.67. The molecule has 6 heteroatoms. The zero-order valence-corrected chi connectivity index (χ0v) is 32.8. The summed E-state index contributed by atoms with van der Waals surface area (Å²) in [5.41, 5.74) is 7.95. The van der Waals surface area contributed by atoms with Crippen LogP contribution >= 0.6 is 34.0 Å². The quantitative estimate of drug-likeness (QED) is 0.175. The number of rotatable bonds is 5. The summed E-state index contributed by atoms with van der Waals surface area (Å²) in [5.74, 6) is 2.00. The third kappa shape index (κ3) is 5.26. The molecule has 0 saturated carbocycles. The van der Waals surface area contributed by atoms with Crippen LogP contribution in [0.3, 0.4) is 0 Å². The van der Waals surface area contributed by atoms with Crippen molar-refractivity contribution in [2.75, 3.05) is 0 Å². The Kier molecular flexibility index (Phi) is 7.45. The fourth-order valence-electron chi connectivity index (χ4n) is 8.29. The molecule has 4 aromatic heterocycles. The van der Waals surface area contributed by atoms with E-state index in [0.717, 1.165) is 16.7 Å². The molecule has 266 valence electrons. The Morgan fingerprint density at radius 3 is 1.33 bits per heavy atom. The van der Waals surface area contributed by atoms with Gasteiger partial charge in [0.25, 0.3) is 0 Å². The maximum atomic E-state index is 5.14. The normalized spacial score (nSPS) is 11.9. The van der Waals surface area contributed by atoms with Crippen molar-refractivity contribution in [2.45, 2.75) is 0 Å². The highest BCUT2D eigenvalue weighted by Crippen LogP contribution is 2.49. The molecule has 0 fully saturated rings. The van der Waals surface area contributed by atoms with E-state index in [2.05, 4.69) is 140 Å². The van der Waals surface area contributed by atoms with Crippen LogP contribution in [0, 0.1) is 0 Å². The Hall–Kier alpha value is -6.57. The molecule has 0 aliphatic heterocycles. The number of aromatic nitrogens is 3. The van der Waals surface area contributed by atoms with Crippen LogP contribution < -0.4 is 0 Å². The average Bonchev–Trinajstić information content (AvgIpc) is 3.98. The lowest BCUT2D eigenvalue weighted by atomic mass is 9.94. The Morgan fingerprint density at radius 2 is 0.702 bits per heavy atom. The van der Waals surface area contributed by atoms with Gasteiger partial charge in [0.15, 0.2) is 17.5 Å². The van der Waals surface area contributed by atoms with Crippen molar-refractivity contribution in [3.63, 3.8) is 0 Å². The molecule has 0 radical (unpaired) electrons. The molecular weight excluding hydrogens is 751 g/mol. The van der Waals surface area contributed by atoms with Gasteiger partial charge in [-0.2, -0.15) is 0 Å². The standard InChI is InChI=1S/C51H29N3S3/c1-3-14-30(15-4-1)49-52-50(31-16-5-2-6-17-31)54-51(53-49)40-25-13-23-38-37-22-12-24-39(46(37)57-47(38)40)42-29-32(28-41-35-19-8-10-27-44(35)56-48(41)42)33-20-11-21-36-34-18-7-9-26-43(34)55-45(33)36/h1-29H. The summed E-state index contributed by atoms with van der Waals surface area (Å²) < 4.78 is 7.69. The van der Waals surface area contributed by atoms with Crippen LogP contribution in [0.4, 0.5) is 0 Å². The zero-order chi connectivity index (χ0) is 37.5. The Bertz CT molecular complexity index is 3470. The Labute approximate surface area is 339 Å². The van der Waals surface area contributed by atoms with E-state index in [1.807, 2.05) is 70.4 Å². The third-order valence-corrected chi connectivity index (χ3v) is 14.7. The van der Waals surface area contributed by atoms with Crippen LogP contribution in [0.25, 0.3) is 117 Å². The van der Waals surface area contributed by atoms with E-state index in [1.54, 1.807) is 0 Å². The van der Waals surface area contributed by atoms with E-state index in [-0.39, 0.29) is 0 Å². The fourth-order valence-corrected chi connectivity index (χ4v) is 12.1. The molecule has 4 heterocycles. The van der Waals surface area contributed by atoms with Gasteiger partial charge in [0.05, 0.1) is 0 Å². The summed E-state index contributed by atoms with van der Waals surface area (Å²) in [6.45, 7) is 0. The van der Waals surface area contributed by atoms with Crippen molar-refractivity contribution in [3.05, 3.63) is 176 Å². The fraction of sp³-hybridized carbons (Fsp3) is 0. The zero-order valence-electron chi connectivity index (χ0n) is 30.3. The number of hydrogen-bond acceptors (Lipinski definition) is 6. The number of benzene rings is 8. The molecule has 12 rings (SSSR count). The Morgan fingerprint density at radius 1 is 0.263 bits per heavy atom. The highest BCUT2D eigenvalue weighted by Gasteiger charge is 2.21. The molecule has 8 aromatic carbocycles. The third-order valence-electron chi connectivity index (χ3n) is 10.9. The number of thiophene rings is 3. The molecule has 0 unspecified atom stereocenters. The molecular formula is C51H29N3S3. The van der Waals surface area contributed by atoms with Crippen LogP contribution in [0.2, 0.25) is 0 Å². The summed E-state index contributed by atoms with van der Waals surface area (Å²) in [4.78, 5) is 15.2. The minimum absolute atomic E-state index is 0.663. The van der Waals surface area contributed by atoms with Gasteiger partial charge in [-0.05, 0) is 41.5 Å². The average molecular weight is 780 g/mol. The molecule has 0 aliphatic rings. The van der Waals surface area contributed by atoms with Crippen LogP contribution in [-0.2, 0) is 0 Å². The first kappa shape index (κ1) is 32.7. The van der Waals surface area contributed by atoms with Crippen molar-refractivity contribution in [3.8, 4) is 56.4 Å². The van der Waals surface area contributed by atoms with E-state index in [9.17, 15) is 0 Å². The molecule has 0 saturated heterocycles. The first-order valence-electron chi connectivity index (χ1n) is 18.9. The lowest BCUT2D eigenvalue weighted by Gasteiger charge is -2.11. The monoisotopic (exact) mass is 779 g/mol.